The van der Waals surface area contributed by atoms with Crippen molar-refractivity contribution in [2.24, 2.45) is 0 Å². The van der Waals surface area contributed by atoms with Gasteiger partial charge in [0.2, 0.25) is 0 Å². The molecule has 0 aliphatic heterocycles. The first-order valence-corrected chi connectivity index (χ1v) is 6.92. The lowest BCUT2D eigenvalue weighted by Gasteiger charge is -2.41. The van der Waals surface area contributed by atoms with Crippen molar-refractivity contribution in [2.75, 3.05) is 0 Å². The number of hydrogen-bond acceptors (Lipinski definition) is 0. The monoisotopic (exact) mass is 294 g/mol. The molecule has 0 aliphatic carbocycles. The van der Waals surface area contributed by atoms with Crippen molar-refractivity contribution < 1.29 is 0 Å². The molecule has 0 unspecified atom stereocenters. The maximum atomic E-state index is 2.36. The number of halogens is 2. The van der Waals surface area contributed by atoms with Crippen LogP contribution < -0.4 is 5.30 Å². The van der Waals surface area contributed by atoms with Crippen molar-refractivity contribution in [2.45, 2.75) is 51.9 Å². The Hall–Kier alpha value is 0.230. The van der Waals surface area contributed by atoms with Crippen LogP contribution in [0.2, 0.25) is 0 Å². The van der Waals surface area contributed by atoms with Crippen LogP contribution >= 0.6 is 32.7 Å². The molecule has 0 amide bonds. The Morgan fingerprint density at radius 1 is 0.706 bits per heavy atom. The van der Waals surface area contributed by atoms with Crippen molar-refractivity contribution in [3.63, 3.8) is 0 Å². The molecular weight excluding hydrogens is 270 g/mol. The van der Waals surface area contributed by atoms with Crippen molar-refractivity contribution in [1.82, 2.24) is 0 Å². The molecule has 3 heteroatoms. The van der Waals surface area contributed by atoms with Gasteiger partial charge in [-0.2, -0.15) is 0 Å². The zero-order chi connectivity index (χ0) is 11.7. The standard InChI is InChI=1S/C14H23P.2ClH/c1-13(2,3)15(14(4,5)6)12-10-8-7-9-11-12;;/h7-11H,1-6H3;2*1H. The van der Waals surface area contributed by atoms with Gasteiger partial charge >= 0.3 is 0 Å². The molecule has 0 saturated carbocycles. The molecule has 1 aromatic rings. The van der Waals surface area contributed by atoms with Gasteiger partial charge in [-0.15, -0.1) is 24.8 Å². The van der Waals surface area contributed by atoms with E-state index in [1.165, 1.54) is 5.30 Å². The van der Waals surface area contributed by atoms with Gasteiger partial charge in [0.1, 0.15) is 0 Å². The molecule has 0 atom stereocenters. The van der Waals surface area contributed by atoms with Gasteiger partial charge in [0.25, 0.3) is 0 Å². The SMILES string of the molecule is CC(C)(C)P(c1ccccc1)C(C)(C)C.Cl.Cl. The predicted molar refractivity (Wildman–Crippen MR) is 87.0 cm³/mol. The van der Waals surface area contributed by atoms with Crippen molar-refractivity contribution in [3.8, 4) is 0 Å². The lowest BCUT2D eigenvalue weighted by atomic mass is 10.2. The summed E-state index contributed by atoms with van der Waals surface area (Å²) in [5, 5.41) is 2.26. The first-order valence-electron chi connectivity index (χ1n) is 5.58. The highest BCUT2D eigenvalue weighted by molar-refractivity contribution is 7.68. The quantitative estimate of drug-likeness (QED) is 0.622. The van der Waals surface area contributed by atoms with Crippen LogP contribution in [0.1, 0.15) is 41.5 Å². The molecule has 0 saturated heterocycles. The van der Waals surface area contributed by atoms with E-state index >= 15 is 0 Å². The van der Waals surface area contributed by atoms with Gasteiger partial charge in [-0.3, -0.25) is 0 Å². The lowest BCUT2D eigenvalue weighted by molar-refractivity contribution is 0.715. The summed E-state index contributed by atoms with van der Waals surface area (Å²) in [6, 6.07) is 11.0. The van der Waals surface area contributed by atoms with Gasteiger partial charge in [-0.1, -0.05) is 79.8 Å². The molecule has 0 spiro atoms. The molecule has 0 bridgehead atoms. The van der Waals surface area contributed by atoms with E-state index in [2.05, 4.69) is 71.9 Å². The summed E-state index contributed by atoms with van der Waals surface area (Å²) in [6.07, 6.45) is 0. The van der Waals surface area contributed by atoms with Gasteiger partial charge in [-0.25, -0.2) is 0 Å². The smallest absolute Gasteiger partial charge is 0.0134 e. The molecule has 17 heavy (non-hydrogen) atoms. The molecule has 0 fully saturated rings. The summed E-state index contributed by atoms with van der Waals surface area (Å²) < 4.78 is 0. The molecule has 1 rings (SSSR count). The molecular formula is C14H25Cl2P. The van der Waals surface area contributed by atoms with E-state index in [9.17, 15) is 0 Å². The van der Waals surface area contributed by atoms with E-state index in [4.69, 9.17) is 0 Å². The van der Waals surface area contributed by atoms with Gasteiger partial charge in [0, 0.05) is 0 Å². The Bertz CT molecular complexity index is 295. The Morgan fingerprint density at radius 2 is 1.06 bits per heavy atom. The van der Waals surface area contributed by atoms with Crippen LogP contribution in [-0.4, -0.2) is 10.3 Å². The van der Waals surface area contributed by atoms with E-state index < -0.39 is 0 Å². The highest BCUT2D eigenvalue weighted by atomic mass is 35.5. The summed E-state index contributed by atoms with van der Waals surface area (Å²) in [5.41, 5.74) is 0. The second kappa shape index (κ2) is 6.98. The van der Waals surface area contributed by atoms with Crippen LogP contribution in [0.3, 0.4) is 0 Å². The maximum Gasteiger partial charge on any atom is -0.0134 e. The van der Waals surface area contributed by atoms with Crippen molar-refractivity contribution >= 4 is 38.0 Å². The second-order valence-electron chi connectivity index (χ2n) is 6.01. The van der Waals surface area contributed by atoms with Crippen LogP contribution in [0, 0.1) is 0 Å². The van der Waals surface area contributed by atoms with Crippen molar-refractivity contribution in [1.29, 1.82) is 0 Å². The Labute approximate surface area is 120 Å². The fourth-order valence-corrected chi connectivity index (χ4v) is 6.39. The van der Waals surface area contributed by atoms with Crippen LogP contribution in [0.25, 0.3) is 0 Å². The van der Waals surface area contributed by atoms with E-state index in [0.29, 0.717) is 10.3 Å². The van der Waals surface area contributed by atoms with Crippen LogP contribution in [0.15, 0.2) is 30.3 Å². The average molecular weight is 295 g/mol. The van der Waals surface area contributed by atoms with E-state index in [0.717, 1.165) is 0 Å². The topological polar surface area (TPSA) is 0 Å². The molecule has 100 valence electrons. The highest BCUT2D eigenvalue weighted by Gasteiger charge is 2.35. The van der Waals surface area contributed by atoms with Gasteiger partial charge in [-0.05, 0) is 15.6 Å². The van der Waals surface area contributed by atoms with Gasteiger partial charge < -0.3 is 0 Å². The average Bonchev–Trinajstić information content (AvgIpc) is 2.00. The largest absolute Gasteiger partial charge is 0.147 e. The third-order valence-corrected chi connectivity index (χ3v) is 5.85. The summed E-state index contributed by atoms with van der Waals surface area (Å²) >= 11 is 0. The minimum atomic E-state index is -0.138. The summed E-state index contributed by atoms with van der Waals surface area (Å²) in [4.78, 5) is 0. The summed E-state index contributed by atoms with van der Waals surface area (Å²) in [6.45, 7) is 14.1. The first-order chi connectivity index (χ1) is 6.73. The van der Waals surface area contributed by atoms with E-state index in [-0.39, 0.29) is 32.7 Å². The van der Waals surface area contributed by atoms with Crippen LogP contribution in [0.5, 0.6) is 0 Å². The number of rotatable bonds is 1. The van der Waals surface area contributed by atoms with Gasteiger partial charge in [0.05, 0.1) is 0 Å². The summed E-state index contributed by atoms with van der Waals surface area (Å²) in [5.74, 6) is 0. The lowest BCUT2D eigenvalue weighted by Crippen LogP contribution is -2.30. The van der Waals surface area contributed by atoms with Crippen LogP contribution in [-0.2, 0) is 0 Å². The predicted octanol–water partition coefficient (Wildman–Crippen LogP) is 5.23. The summed E-state index contributed by atoms with van der Waals surface area (Å²) in [7, 11) is -0.138. The number of hydrogen-bond donors (Lipinski definition) is 0. The molecule has 1 aromatic carbocycles. The Morgan fingerprint density at radius 3 is 1.35 bits per heavy atom. The van der Waals surface area contributed by atoms with Crippen LogP contribution in [0.4, 0.5) is 0 Å². The third kappa shape index (κ3) is 5.60. The molecule has 0 aromatic heterocycles. The molecule has 0 heterocycles. The minimum Gasteiger partial charge on any atom is -0.147 e. The Kier molecular flexibility index (Phi) is 8.03. The zero-order valence-electron chi connectivity index (χ0n) is 11.7. The Balaban J connectivity index is 0. The molecule has 0 nitrogen and oxygen atoms in total. The fourth-order valence-electron chi connectivity index (χ4n) is 2.36. The van der Waals surface area contributed by atoms with E-state index in [1.807, 2.05) is 0 Å². The molecule has 0 N–H and O–H groups in total. The fraction of sp³-hybridized carbons (Fsp3) is 0.571. The van der Waals surface area contributed by atoms with E-state index in [1.54, 1.807) is 0 Å². The maximum absolute atomic E-state index is 2.36. The zero-order valence-corrected chi connectivity index (χ0v) is 14.2. The van der Waals surface area contributed by atoms with Gasteiger partial charge in [0.15, 0.2) is 0 Å². The molecule has 0 aliphatic rings. The normalized spacial score (nSPS) is 11.7. The molecule has 0 radical (unpaired) electrons. The third-order valence-electron chi connectivity index (χ3n) is 2.36. The second-order valence-corrected chi connectivity index (χ2v) is 9.88. The highest BCUT2D eigenvalue weighted by Crippen LogP contribution is 2.57. The first kappa shape index (κ1) is 19.6. The number of benzene rings is 1. The van der Waals surface area contributed by atoms with Crippen molar-refractivity contribution in [3.05, 3.63) is 30.3 Å². The minimum absolute atomic E-state index is 0.